The predicted octanol–water partition coefficient (Wildman–Crippen LogP) is 6.12. The van der Waals surface area contributed by atoms with Crippen molar-refractivity contribution in [2.24, 2.45) is 0 Å². The van der Waals surface area contributed by atoms with Gasteiger partial charge in [-0.2, -0.15) is 4.98 Å². The van der Waals surface area contributed by atoms with Gasteiger partial charge < -0.3 is 40.0 Å². The highest BCUT2D eigenvalue weighted by atomic mass is 35.5. The monoisotopic (exact) mass is 998 g/mol. The van der Waals surface area contributed by atoms with Gasteiger partial charge in [-0.15, -0.1) is 0 Å². The van der Waals surface area contributed by atoms with Crippen molar-refractivity contribution in [3.8, 4) is 17.6 Å². The third kappa shape index (κ3) is 10.9. The summed E-state index contributed by atoms with van der Waals surface area (Å²) in [5.41, 5.74) is 5.81. The quantitative estimate of drug-likeness (QED) is 0.0325. The van der Waals surface area contributed by atoms with Crippen molar-refractivity contribution in [3.05, 3.63) is 95.4 Å². The van der Waals surface area contributed by atoms with E-state index in [0.717, 1.165) is 88.3 Å². The summed E-state index contributed by atoms with van der Waals surface area (Å²) in [6.45, 7) is 13.8. The Morgan fingerprint density at radius 1 is 0.972 bits per heavy atom. The molecule has 368 valence electrons. The molecule has 0 spiro atoms. The maximum Gasteiger partial charge on any atom is 0.255 e. The lowest BCUT2D eigenvalue weighted by Gasteiger charge is -2.43. The summed E-state index contributed by atoms with van der Waals surface area (Å²) in [6.07, 6.45) is 9.98. The fourth-order valence-electron chi connectivity index (χ4n) is 9.89. The van der Waals surface area contributed by atoms with Gasteiger partial charge >= 0.3 is 0 Å². The van der Waals surface area contributed by atoms with E-state index in [4.69, 9.17) is 16.3 Å². The first-order chi connectivity index (χ1) is 34.3. The van der Waals surface area contributed by atoms with Gasteiger partial charge in [-0.25, -0.2) is 4.98 Å². The molecule has 18 nitrogen and oxygen atoms in total. The maximum absolute atomic E-state index is 13.6. The lowest BCUT2D eigenvalue weighted by Crippen LogP contribution is -2.53. The van der Waals surface area contributed by atoms with Crippen molar-refractivity contribution in [1.29, 1.82) is 0 Å². The normalized spacial score (nSPS) is 17.9. The van der Waals surface area contributed by atoms with Crippen LogP contribution in [0.2, 0.25) is 5.02 Å². The molecule has 3 fully saturated rings. The number of anilines is 6. The largest absolute Gasteiger partial charge is 0.494 e. The molecular formula is C51H56ClN12O6P. The Hall–Kier alpha value is -6.90. The summed E-state index contributed by atoms with van der Waals surface area (Å²) >= 11 is 6.62. The van der Waals surface area contributed by atoms with Crippen LogP contribution in [0.25, 0.3) is 11.0 Å². The van der Waals surface area contributed by atoms with Gasteiger partial charge in [-0.1, -0.05) is 36.1 Å². The molecule has 4 aliphatic heterocycles. The Bertz CT molecular complexity index is 3030. The van der Waals surface area contributed by atoms with Gasteiger partial charge in [0.2, 0.25) is 23.7 Å². The van der Waals surface area contributed by atoms with Crippen LogP contribution < -0.4 is 36.2 Å². The highest BCUT2D eigenvalue weighted by Crippen LogP contribution is 2.43. The molecule has 5 aromatic rings. The summed E-state index contributed by atoms with van der Waals surface area (Å²) in [5, 5.41) is 12.6. The van der Waals surface area contributed by atoms with E-state index < -0.39 is 19.1 Å². The number of fused-ring (bicyclic) bond motifs is 2. The molecule has 0 saturated carbocycles. The number of aromatic nitrogens is 4. The lowest BCUT2D eigenvalue weighted by atomic mass is 10.0. The first-order valence-electron chi connectivity index (χ1n) is 23.8. The number of hydrogen-bond donors (Lipinski definition) is 4. The second-order valence-electron chi connectivity index (χ2n) is 18.4. The summed E-state index contributed by atoms with van der Waals surface area (Å²) in [6, 6.07) is 12.6. The van der Waals surface area contributed by atoms with Gasteiger partial charge in [-0.05, 0) is 87.5 Å². The van der Waals surface area contributed by atoms with E-state index in [-0.39, 0.29) is 40.9 Å². The van der Waals surface area contributed by atoms with E-state index in [1.54, 1.807) is 62.0 Å². The van der Waals surface area contributed by atoms with E-state index in [2.05, 4.69) is 74.3 Å². The van der Waals surface area contributed by atoms with Gasteiger partial charge in [-0.3, -0.25) is 39.4 Å². The van der Waals surface area contributed by atoms with Crippen molar-refractivity contribution in [3.63, 3.8) is 0 Å². The van der Waals surface area contributed by atoms with E-state index in [0.29, 0.717) is 63.7 Å². The highest BCUT2D eigenvalue weighted by Gasteiger charge is 2.40. The Balaban J connectivity index is 0.792. The highest BCUT2D eigenvalue weighted by molar-refractivity contribution is 7.71. The number of nitrogens with zero attached hydrogens (tertiary/aromatic N) is 8. The summed E-state index contributed by atoms with van der Waals surface area (Å²) < 4.78 is 19.5. The van der Waals surface area contributed by atoms with Crippen LogP contribution in [0.1, 0.15) is 60.0 Å². The van der Waals surface area contributed by atoms with E-state index in [9.17, 15) is 23.7 Å². The molecule has 0 aliphatic carbocycles. The number of nitrogens with one attached hydrogen (secondary N) is 4. The molecule has 2 aromatic heterocycles. The molecular weight excluding hydrogens is 943 g/mol. The van der Waals surface area contributed by atoms with Gasteiger partial charge in [0.25, 0.3) is 5.91 Å². The number of rotatable bonds is 14. The van der Waals surface area contributed by atoms with Gasteiger partial charge in [0.05, 0.1) is 46.9 Å². The number of piperazine rings is 1. The number of halogens is 1. The molecule has 0 radical (unpaired) electrons. The van der Waals surface area contributed by atoms with E-state index >= 15 is 0 Å². The number of ether oxygens (including phenoxy) is 1. The Labute approximate surface area is 417 Å². The second kappa shape index (κ2) is 21.2. The molecule has 3 aromatic carbocycles. The van der Waals surface area contributed by atoms with Crippen LogP contribution >= 0.6 is 18.7 Å². The zero-order chi connectivity index (χ0) is 49.8. The van der Waals surface area contributed by atoms with Crippen LogP contribution in [-0.4, -0.2) is 137 Å². The first-order valence-corrected chi connectivity index (χ1v) is 26.7. The van der Waals surface area contributed by atoms with E-state index in [1.165, 1.54) is 12.3 Å². The fourth-order valence-corrected chi connectivity index (χ4v) is 11.4. The Morgan fingerprint density at radius 2 is 1.76 bits per heavy atom. The van der Waals surface area contributed by atoms with Crippen molar-refractivity contribution in [1.82, 2.24) is 40.0 Å². The van der Waals surface area contributed by atoms with Gasteiger partial charge in [0.1, 0.15) is 29.5 Å². The first kappa shape index (κ1) is 49.1. The average Bonchev–Trinajstić information content (AvgIpc) is 3.70. The Kier molecular flexibility index (Phi) is 14.7. The minimum absolute atomic E-state index is 0.194. The number of carbonyl (C=O) groups excluding carboxylic acids is 4. The summed E-state index contributed by atoms with van der Waals surface area (Å²) in [7, 11) is -1.27. The van der Waals surface area contributed by atoms with Gasteiger partial charge in [0, 0.05) is 94.3 Å². The number of unbranched alkanes of at least 4 members (excludes halogenated alkanes) is 1. The summed E-state index contributed by atoms with van der Waals surface area (Å²) in [5.74, 6) is 6.34. The van der Waals surface area contributed by atoms with Crippen molar-refractivity contribution < 1.29 is 28.5 Å². The minimum atomic E-state index is -2.86. The fraction of sp³-hybridized carbons (Fsp3) is 0.373. The predicted molar refractivity (Wildman–Crippen MR) is 276 cm³/mol. The third-order valence-electron chi connectivity index (χ3n) is 13.5. The second-order valence-corrected chi connectivity index (χ2v) is 21.9. The van der Waals surface area contributed by atoms with Crippen molar-refractivity contribution in [2.75, 3.05) is 87.1 Å². The molecule has 1 unspecified atom stereocenters. The standard InChI is InChI=1S/C51H56ClN12O6P/c1-5-44(65)56-39-28-40(58-51-55-30-36(52)48(60-51)57-38-14-13-37-46(54-20-19-53-37)47(38)71(3,4)69)43(70-2)29-42(39)63-22-17-33(18-23-63)62-26-24-61(25-27-62)21-8-6-7-10-32-11-9-12-34-35(32)31-64(50(34)68)41-15-16-45(66)59-49(41)67/h5,9,11-14,19-20,28-30,33,41H,1,6,8,15-18,21-27,31H2,2-4H3,(H,56,65)(H,59,66,67)(H2,55,57,58,60). The molecule has 0 bridgehead atoms. The van der Waals surface area contributed by atoms with Crippen LogP contribution in [0.15, 0.2) is 73.7 Å². The number of amides is 4. The van der Waals surface area contributed by atoms with Crippen molar-refractivity contribution in [2.45, 2.75) is 57.2 Å². The summed E-state index contributed by atoms with van der Waals surface area (Å²) in [4.78, 5) is 77.1. The molecule has 3 saturated heterocycles. The number of carbonyl (C=O) groups is 4. The van der Waals surface area contributed by atoms with E-state index in [1.807, 2.05) is 18.2 Å². The maximum atomic E-state index is 13.6. The number of benzene rings is 3. The smallest absolute Gasteiger partial charge is 0.255 e. The molecule has 9 rings (SSSR count). The molecule has 20 heteroatoms. The van der Waals surface area contributed by atoms with Crippen LogP contribution in [-0.2, 0) is 25.5 Å². The number of hydrogen-bond acceptors (Lipinski definition) is 15. The molecule has 4 N–H and O–H groups in total. The topological polar surface area (TPSA) is 207 Å². The SMILES string of the molecule is C=CC(=O)Nc1cc(Nc2ncc(Cl)c(Nc3ccc4nccnc4c3P(C)(C)=O)n2)c(OC)cc1N1CCC(N2CCN(CCCC#Cc3cccc4c3CN(C3CCC(=O)NC3=O)C4=O)CC2)CC1. The molecule has 71 heavy (non-hydrogen) atoms. The van der Waals surface area contributed by atoms with Crippen molar-refractivity contribution >= 4 is 93.2 Å². The molecule has 4 amide bonds. The molecule has 1 atom stereocenters. The number of piperidine rings is 2. The Morgan fingerprint density at radius 3 is 2.51 bits per heavy atom. The average molecular weight is 1000 g/mol. The lowest BCUT2D eigenvalue weighted by molar-refractivity contribution is -0.137. The van der Waals surface area contributed by atoms with Crippen LogP contribution in [0.5, 0.6) is 5.75 Å². The third-order valence-corrected chi connectivity index (χ3v) is 15.3. The zero-order valence-electron chi connectivity index (χ0n) is 40.0. The number of imide groups is 1. The molecule has 4 aliphatic rings. The number of methoxy groups -OCH3 is 1. The molecule has 6 heterocycles. The zero-order valence-corrected chi connectivity index (χ0v) is 41.6. The van der Waals surface area contributed by atoms with Crippen LogP contribution in [0, 0.1) is 11.8 Å². The van der Waals surface area contributed by atoms with Crippen LogP contribution in [0.4, 0.5) is 34.5 Å². The minimum Gasteiger partial charge on any atom is -0.494 e. The van der Waals surface area contributed by atoms with Gasteiger partial charge in [0.15, 0.2) is 5.82 Å². The van der Waals surface area contributed by atoms with Crippen LogP contribution in [0.3, 0.4) is 0 Å².